The van der Waals surface area contributed by atoms with Crippen LogP contribution in [0.15, 0.2) is 18.3 Å². The number of amides is 1. The number of carbonyl (C=O) groups excluding carboxylic acids is 1. The smallest absolute Gasteiger partial charge is 0.236 e. The molecule has 0 bridgehead atoms. The number of nitrogens with zero attached hydrogens (tertiary/aromatic N) is 3. The molecule has 1 aromatic rings. The number of rotatable bonds is 5. The van der Waals surface area contributed by atoms with Gasteiger partial charge < -0.3 is 10.6 Å². The Hall–Kier alpha value is -1.46. The molecule has 0 saturated carbocycles. The quantitative estimate of drug-likeness (QED) is 0.785. The predicted molar refractivity (Wildman–Crippen MR) is 67.2 cm³/mol. The highest BCUT2D eigenvalue weighted by Gasteiger charge is 2.10. The van der Waals surface area contributed by atoms with Crippen LogP contribution in [0.3, 0.4) is 0 Å². The average molecular weight is 236 g/mol. The Morgan fingerprint density at radius 1 is 1.41 bits per heavy atom. The molecule has 17 heavy (non-hydrogen) atoms. The molecule has 94 valence electrons. The van der Waals surface area contributed by atoms with Crippen molar-refractivity contribution < 1.29 is 4.79 Å². The van der Waals surface area contributed by atoms with E-state index in [1.165, 1.54) is 0 Å². The molecule has 0 spiro atoms. The van der Waals surface area contributed by atoms with Gasteiger partial charge in [-0.3, -0.25) is 14.7 Å². The first-order chi connectivity index (χ1) is 8.04. The van der Waals surface area contributed by atoms with Crippen LogP contribution in [-0.4, -0.2) is 48.4 Å². The van der Waals surface area contributed by atoms with Crippen LogP contribution in [0.1, 0.15) is 11.3 Å². The van der Waals surface area contributed by atoms with Gasteiger partial charge in [-0.2, -0.15) is 0 Å². The Balaban J connectivity index is 2.61. The second-order valence-corrected chi connectivity index (χ2v) is 4.27. The molecule has 0 radical (unpaired) electrons. The lowest BCUT2D eigenvalue weighted by Gasteiger charge is -2.19. The van der Waals surface area contributed by atoms with Gasteiger partial charge >= 0.3 is 0 Å². The molecule has 0 unspecified atom stereocenters. The van der Waals surface area contributed by atoms with Crippen LogP contribution in [-0.2, 0) is 17.9 Å². The van der Waals surface area contributed by atoms with E-state index in [-0.39, 0.29) is 5.91 Å². The van der Waals surface area contributed by atoms with Crippen molar-refractivity contribution in [2.75, 3.05) is 27.7 Å². The molecule has 1 aromatic heterocycles. The Kier molecular flexibility index (Phi) is 5.06. The van der Waals surface area contributed by atoms with Crippen LogP contribution < -0.4 is 5.73 Å². The Morgan fingerprint density at radius 2 is 2.12 bits per heavy atom. The first kappa shape index (κ1) is 13.6. The standard InChI is InChI=1S/C12H20N4O/c1-15(2)12(17)9-16(3)8-10-5-4-6-14-11(10)7-13/h4-6H,7-9,13H2,1-3H3. The van der Waals surface area contributed by atoms with Crippen molar-refractivity contribution in [1.29, 1.82) is 0 Å². The summed E-state index contributed by atoms with van der Waals surface area (Å²) in [5, 5.41) is 0. The summed E-state index contributed by atoms with van der Waals surface area (Å²) in [5.74, 6) is 0.0886. The minimum Gasteiger partial charge on any atom is -0.348 e. The average Bonchev–Trinajstić information content (AvgIpc) is 2.29. The summed E-state index contributed by atoms with van der Waals surface area (Å²) in [7, 11) is 5.42. The third-order valence-corrected chi connectivity index (χ3v) is 2.52. The molecule has 0 aliphatic rings. The molecule has 0 aromatic carbocycles. The van der Waals surface area contributed by atoms with Crippen molar-refractivity contribution in [2.24, 2.45) is 5.73 Å². The second kappa shape index (κ2) is 6.32. The maximum atomic E-state index is 11.5. The molecule has 5 nitrogen and oxygen atoms in total. The monoisotopic (exact) mass is 236 g/mol. The van der Waals surface area contributed by atoms with Gasteiger partial charge in [-0.1, -0.05) is 6.07 Å². The zero-order valence-electron chi connectivity index (χ0n) is 10.7. The number of pyridine rings is 1. The summed E-state index contributed by atoms with van der Waals surface area (Å²) in [6, 6.07) is 3.88. The summed E-state index contributed by atoms with van der Waals surface area (Å²) < 4.78 is 0. The zero-order chi connectivity index (χ0) is 12.8. The van der Waals surface area contributed by atoms with Crippen molar-refractivity contribution in [2.45, 2.75) is 13.1 Å². The van der Waals surface area contributed by atoms with E-state index in [4.69, 9.17) is 5.73 Å². The highest BCUT2D eigenvalue weighted by atomic mass is 16.2. The molecule has 1 rings (SSSR count). The number of hydrogen-bond donors (Lipinski definition) is 1. The van der Waals surface area contributed by atoms with Gasteiger partial charge in [0.25, 0.3) is 0 Å². The molecule has 0 aliphatic carbocycles. The lowest BCUT2D eigenvalue weighted by molar-refractivity contribution is -0.129. The van der Waals surface area contributed by atoms with Crippen LogP contribution >= 0.6 is 0 Å². The maximum absolute atomic E-state index is 11.5. The van der Waals surface area contributed by atoms with E-state index >= 15 is 0 Å². The number of aromatic nitrogens is 1. The molecule has 0 fully saturated rings. The second-order valence-electron chi connectivity index (χ2n) is 4.27. The zero-order valence-corrected chi connectivity index (χ0v) is 10.7. The van der Waals surface area contributed by atoms with Crippen molar-refractivity contribution in [3.8, 4) is 0 Å². The number of hydrogen-bond acceptors (Lipinski definition) is 4. The van der Waals surface area contributed by atoms with Crippen molar-refractivity contribution in [3.63, 3.8) is 0 Å². The van der Waals surface area contributed by atoms with Gasteiger partial charge in [0.15, 0.2) is 0 Å². The van der Waals surface area contributed by atoms with Gasteiger partial charge in [0.2, 0.25) is 5.91 Å². The van der Waals surface area contributed by atoms with Crippen LogP contribution in [0.4, 0.5) is 0 Å². The van der Waals surface area contributed by atoms with E-state index in [2.05, 4.69) is 4.98 Å². The molecular formula is C12H20N4O. The lowest BCUT2D eigenvalue weighted by atomic mass is 10.2. The van der Waals surface area contributed by atoms with Gasteiger partial charge in [-0.25, -0.2) is 0 Å². The van der Waals surface area contributed by atoms with Crippen molar-refractivity contribution in [1.82, 2.24) is 14.8 Å². The third-order valence-electron chi connectivity index (χ3n) is 2.52. The van der Waals surface area contributed by atoms with Crippen LogP contribution in [0.25, 0.3) is 0 Å². The summed E-state index contributed by atoms with van der Waals surface area (Å²) in [5.41, 5.74) is 7.58. The van der Waals surface area contributed by atoms with E-state index in [9.17, 15) is 4.79 Å². The summed E-state index contributed by atoms with van der Waals surface area (Å²) in [6.45, 7) is 1.50. The molecule has 2 N–H and O–H groups in total. The van der Waals surface area contributed by atoms with E-state index < -0.39 is 0 Å². The minimum absolute atomic E-state index is 0.0886. The first-order valence-electron chi connectivity index (χ1n) is 5.56. The summed E-state index contributed by atoms with van der Waals surface area (Å²) in [4.78, 5) is 19.3. The Bertz CT molecular complexity index is 379. The molecule has 0 saturated heterocycles. The van der Waals surface area contributed by atoms with Gasteiger partial charge in [-0.15, -0.1) is 0 Å². The van der Waals surface area contributed by atoms with E-state index in [0.29, 0.717) is 19.6 Å². The van der Waals surface area contributed by atoms with Crippen molar-refractivity contribution in [3.05, 3.63) is 29.6 Å². The molecule has 5 heteroatoms. The van der Waals surface area contributed by atoms with Crippen LogP contribution in [0, 0.1) is 0 Å². The molecule has 1 amide bonds. The Labute approximate surface area is 102 Å². The maximum Gasteiger partial charge on any atom is 0.236 e. The molecule has 0 aliphatic heterocycles. The molecule has 1 heterocycles. The first-order valence-corrected chi connectivity index (χ1v) is 5.56. The van der Waals surface area contributed by atoms with Crippen molar-refractivity contribution >= 4 is 5.91 Å². The van der Waals surface area contributed by atoms with E-state index in [1.54, 1.807) is 25.2 Å². The fraction of sp³-hybridized carbons (Fsp3) is 0.500. The van der Waals surface area contributed by atoms with Gasteiger partial charge in [0.05, 0.1) is 12.2 Å². The third kappa shape index (κ3) is 4.13. The van der Waals surface area contributed by atoms with E-state index in [0.717, 1.165) is 11.3 Å². The highest BCUT2D eigenvalue weighted by Crippen LogP contribution is 2.07. The number of likely N-dealkylation sites (N-methyl/N-ethyl adjacent to an activating group) is 2. The normalized spacial score (nSPS) is 10.6. The minimum atomic E-state index is 0.0886. The summed E-state index contributed by atoms with van der Waals surface area (Å²) in [6.07, 6.45) is 1.73. The van der Waals surface area contributed by atoms with Crippen LogP contribution in [0.5, 0.6) is 0 Å². The van der Waals surface area contributed by atoms with Gasteiger partial charge in [-0.05, 0) is 18.7 Å². The predicted octanol–water partition coefficient (Wildman–Crippen LogP) is 0.0603. The molecular weight excluding hydrogens is 216 g/mol. The highest BCUT2D eigenvalue weighted by molar-refractivity contribution is 5.77. The topological polar surface area (TPSA) is 62.5 Å². The largest absolute Gasteiger partial charge is 0.348 e. The Morgan fingerprint density at radius 3 is 2.71 bits per heavy atom. The summed E-state index contributed by atoms with van der Waals surface area (Å²) >= 11 is 0. The fourth-order valence-corrected chi connectivity index (χ4v) is 1.52. The molecule has 0 atom stereocenters. The van der Waals surface area contributed by atoms with Gasteiger partial charge in [0.1, 0.15) is 0 Å². The van der Waals surface area contributed by atoms with E-state index in [1.807, 2.05) is 24.1 Å². The fourth-order valence-electron chi connectivity index (χ4n) is 1.52. The lowest BCUT2D eigenvalue weighted by Crippen LogP contribution is -2.34. The number of carbonyl (C=O) groups is 1. The van der Waals surface area contributed by atoms with Gasteiger partial charge in [0, 0.05) is 33.4 Å². The number of nitrogens with two attached hydrogens (primary N) is 1. The SMILES string of the molecule is CN(CC(=O)N(C)C)Cc1cccnc1CN. The van der Waals surface area contributed by atoms with Crippen LogP contribution in [0.2, 0.25) is 0 Å².